The van der Waals surface area contributed by atoms with Gasteiger partial charge in [-0.3, -0.25) is 0 Å². The summed E-state index contributed by atoms with van der Waals surface area (Å²) in [7, 11) is 1.94. The Labute approximate surface area is 130 Å². The highest BCUT2D eigenvalue weighted by molar-refractivity contribution is 8.03. The molecule has 0 aliphatic heterocycles. The van der Waals surface area contributed by atoms with Gasteiger partial charge in [0, 0.05) is 30.3 Å². The van der Waals surface area contributed by atoms with Gasteiger partial charge in [0.1, 0.15) is 5.03 Å². The van der Waals surface area contributed by atoms with E-state index >= 15 is 0 Å². The van der Waals surface area contributed by atoms with Crippen LogP contribution in [-0.4, -0.2) is 17.0 Å². The molecule has 0 bridgehead atoms. The van der Waals surface area contributed by atoms with E-state index in [1.165, 1.54) is 11.3 Å². The van der Waals surface area contributed by atoms with Crippen LogP contribution in [0.3, 0.4) is 0 Å². The largest absolute Gasteiger partial charge is 0.391 e. The Hall–Kier alpha value is -1.26. The van der Waals surface area contributed by atoms with Crippen molar-refractivity contribution in [2.75, 3.05) is 7.05 Å². The second kappa shape index (κ2) is 8.82. The summed E-state index contributed by atoms with van der Waals surface area (Å²) in [6.45, 7) is 6.12. The highest BCUT2D eigenvalue weighted by Gasteiger charge is 2.05. The van der Waals surface area contributed by atoms with Crippen molar-refractivity contribution in [2.24, 2.45) is 0 Å². The van der Waals surface area contributed by atoms with Crippen LogP contribution in [-0.2, 0) is 0 Å². The first-order valence-electron chi connectivity index (χ1n) is 6.59. The van der Waals surface area contributed by atoms with Gasteiger partial charge in [-0.25, -0.2) is 9.97 Å². The van der Waals surface area contributed by atoms with E-state index in [2.05, 4.69) is 40.4 Å². The lowest BCUT2D eigenvalue weighted by molar-refractivity contribution is 0.915. The zero-order valence-electron chi connectivity index (χ0n) is 12.3. The third-order valence-corrected chi connectivity index (χ3v) is 3.56. The second-order valence-corrected chi connectivity index (χ2v) is 5.38. The summed E-state index contributed by atoms with van der Waals surface area (Å²) in [6.07, 6.45) is 8.96. The predicted molar refractivity (Wildman–Crippen MR) is 87.8 cm³/mol. The molecule has 0 spiro atoms. The van der Waals surface area contributed by atoms with Crippen LogP contribution >= 0.6 is 23.4 Å². The smallest absolute Gasteiger partial charge is 0.223 e. The summed E-state index contributed by atoms with van der Waals surface area (Å²) in [6, 6.07) is 1.86. The van der Waals surface area contributed by atoms with Crippen LogP contribution in [0.4, 0.5) is 0 Å². The predicted octanol–water partition coefficient (Wildman–Crippen LogP) is 4.59. The topological polar surface area (TPSA) is 37.8 Å². The Balaban J connectivity index is 0.000000956. The summed E-state index contributed by atoms with van der Waals surface area (Å²) in [5, 5.41) is 4.32. The van der Waals surface area contributed by atoms with Gasteiger partial charge in [-0.05, 0) is 42.8 Å². The van der Waals surface area contributed by atoms with Crippen LogP contribution in [0.2, 0.25) is 5.28 Å². The molecular formula is C15H20ClN3S. The molecule has 108 valence electrons. The maximum atomic E-state index is 5.78. The van der Waals surface area contributed by atoms with Crippen LogP contribution < -0.4 is 5.32 Å². The van der Waals surface area contributed by atoms with Crippen LogP contribution in [0.5, 0.6) is 0 Å². The van der Waals surface area contributed by atoms with Crippen molar-refractivity contribution in [3.63, 3.8) is 0 Å². The molecule has 0 saturated heterocycles. The monoisotopic (exact) mass is 309 g/mol. The Kier molecular flexibility index (Phi) is 7.41. The van der Waals surface area contributed by atoms with Gasteiger partial charge < -0.3 is 5.32 Å². The maximum absolute atomic E-state index is 5.78. The molecule has 3 nitrogen and oxygen atoms in total. The van der Waals surface area contributed by atoms with E-state index in [0.717, 1.165) is 16.4 Å². The number of halogens is 1. The van der Waals surface area contributed by atoms with E-state index < -0.39 is 0 Å². The molecule has 0 amide bonds. The Morgan fingerprint density at radius 3 is 2.70 bits per heavy atom. The quantitative estimate of drug-likeness (QED) is 0.655. The second-order valence-electron chi connectivity index (χ2n) is 3.94. The number of rotatable bonds is 3. The molecule has 5 heteroatoms. The van der Waals surface area contributed by atoms with Crippen molar-refractivity contribution in [3.8, 4) is 0 Å². The lowest BCUT2D eigenvalue weighted by atomic mass is 10.2. The zero-order chi connectivity index (χ0) is 15.0. The summed E-state index contributed by atoms with van der Waals surface area (Å²) < 4.78 is 0. The van der Waals surface area contributed by atoms with Gasteiger partial charge >= 0.3 is 0 Å². The first kappa shape index (κ1) is 16.8. The first-order chi connectivity index (χ1) is 9.67. The molecule has 0 atom stereocenters. The normalized spacial score (nSPS) is 14.2. The third kappa shape index (κ3) is 5.39. The molecule has 0 radical (unpaired) electrons. The maximum Gasteiger partial charge on any atom is 0.223 e. The van der Waals surface area contributed by atoms with E-state index in [1.807, 2.05) is 27.0 Å². The third-order valence-electron chi connectivity index (χ3n) is 2.45. The molecule has 0 saturated carbocycles. The molecule has 0 unspecified atom stereocenters. The van der Waals surface area contributed by atoms with E-state index in [0.29, 0.717) is 0 Å². The molecule has 2 rings (SSSR count). The fraction of sp³-hybridized carbons (Fsp3) is 0.333. The molecule has 1 N–H and O–H groups in total. The van der Waals surface area contributed by atoms with E-state index in [9.17, 15) is 0 Å². The van der Waals surface area contributed by atoms with Gasteiger partial charge in [-0.2, -0.15) is 0 Å². The summed E-state index contributed by atoms with van der Waals surface area (Å²) in [5.41, 5.74) is 2.52. The minimum absolute atomic E-state index is 0.279. The van der Waals surface area contributed by atoms with Crippen molar-refractivity contribution in [2.45, 2.75) is 32.2 Å². The summed E-state index contributed by atoms with van der Waals surface area (Å²) in [5.74, 6) is 0. The Morgan fingerprint density at radius 2 is 2.05 bits per heavy atom. The van der Waals surface area contributed by atoms with Crippen LogP contribution in [0.25, 0.3) is 0 Å². The molecule has 1 aromatic rings. The highest BCUT2D eigenvalue weighted by Crippen LogP contribution is 2.29. The van der Waals surface area contributed by atoms with Crippen LogP contribution in [0, 0.1) is 0 Å². The molecule has 1 aliphatic rings. The van der Waals surface area contributed by atoms with Gasteiger partial charge in [0.25, 0.3) is 0 Å². The minimum Gasteiger partial charge on any atom is -0.391 e. The van der Waals surface area contributed by atoms with Crippen molar-refractivity contribution < 1.29 is 0 Å². The Morgan fingerprint density at radius 1 is 1.30 bits per heavy atom. The van der Waals surface area contributed by atoms with Crippen molar-refractivity contribution in [3.05, 3.63) is 52.0 Å². The van der Waals surface area contributed by atoms with Gasteiger partial charge in [-0.1, -0.05) is 31.2 Å². The number of allylic oxidation sites excluding steroid dienone is 4. The molecular weight excluding hydrogens is 290 g/mol. The van der Waals surface area contributed by atoms with Crippen molar-refractivity contribution in [1.82, 2.24) is 15.3 Å². The van der Waals surface area contributed by atoms with Gasteiger partial charge in [0.15, 0.2) is 0 Å². The van der Waals surface area contributed by atoms with Gasteiger partial charge in [0.05, 0.1) is 0 Å². The number of aromatic nitrogens is 2. The number of nitrogens with zero attached hydrogens (tertiary/aromatic N) is 2. The number of nitrogens with one attached hydrogen (secondary N) is 1. The molecule has 1 aromatic heterocycles. The number of thioether (sulfide) groups is 1. The van der Waals surface area contributed by atoms with Gasteiger partial charge in [-0.15, -0.1) is 0 Å². The lowest BCUT2D eigenvalue weighted by Crippen LogP contribution is -2.04. The average molecular weight is 310 g/mol. The van der Waals surface area contributed by atoms with Crippen molar-refractivity contribution >= 4 is 23.4 Å². The Bertz CT molecular complexity index is 536. The zero-order valence-corrected chi connectivity index (χ0v) is 13.8. The fourth-order valence-corrected chi connectivity index (χ4v) is 2.71. The summed E-state index contributed by atoms with van der Waals surface area (Å²) in [4.78, 5) is 9.19. The molecule has 0 fully saturated rings. The molecule has 1 heterocycles. The van der Waals surface area contributed by atoms with E-state index in [1.54, 1.807) is 18.0 Å². The van der Waals surface area contributed by atoms with Crippen LogP contribution in [0.1, 0.15) is 27.2 Å². The standard InChI is InChI=1S/C13H14ClN3S.C2H6/c1-9-7-10(15-2)3-4-11(8-9)18-12-5-6-16-13(14)17-12;1-2/h3-6,8,15H,7H2,1-2H3;1-2H3. The average Bonchev–Trinajstić information content (AvgIpc) is 2.62. The highest BCUT2D eigenvalue weighted by atomic mass is 35.5. The van der Waals surface area contributed by atoms with Crippen LogP contribution in [0.15, 0.2) is 51.7 Å². The molecule has 0 aromatic carbocycles. The van der Waals surface area contributed by atoms with E-state index in [4.69, 9.17) is 11.6 Å². The fourth-order valence-electron chi connectivity index (χ4n) is 1.62. The van der Waals surface area contributed by atoms with Crippen molar-refractivity contribution in [1.29, 1.82) is 0 Å². The lowest BCUT2D eigenvalue weighted by Gasteiger charge is -2.04. The number of hydrogen-bond donors (Lipinski definition) is 1. The summed E-state index contributed by atoms with van der Waals surface area (Å²) >= 11 is 7.36. The minimum atomic E-state index is 0.279. The molecule has 20 heavy (non-hydrogen) atoms. The van der Waals surface area contributed by atoms with E-state index in [-0.39, 0.29) is 5.28 Å². The van der Waals surface area contributed by atoms with Gasteiger partial charge in [0.2, 0.25) is 5.28 Å². The SMILES string of the molecule is CC.CNC1=CC=C(Sc2ccnc(Cl)n2)C=C(C)C1. The first-order valence-corrected chi connectivity index (χ1v) is 7.79. The molecule has 1 aliphatic carbocycles. The number of hydrogen-bond acceptors (Lipinski definition) is 4.